The molecule has 0 spiro atoms. The van der Waals surface area contributed by atoms with Gasteiger partial charge in [0, 0.05) is 17.2 Å². The summed E-state index contributed by atoms with van der Waals surface area (Å²) in [6.07, 6.45) is 6.06. The topological polar surface area (TPSA) is 76.5 Å². The van der Waals surface area contributed by atoms with E-state index in [2.05, 4.69) is 55.6 Å². The van der Waals surface area contributed by atoms with E-state index in [-0.39, 0.29) is 5.56 Å². The molecule has 4 rings (SSSR count). The molecule has 0 unspecified atom stereocenters. The van der Waals surface area contributed by atoms with Crippen LogP contribution in [-0.2, 0) is 12.3 Å². The second kappa shape index (κ2) is 10.3. The van der Waals surface area contributed by atoms with Gasteiger partial charge in [0.1, 0.15) is 10.7 Å². The van der Waals surface area contributed by atoms with E-state index in [9.17, 15) is 4.79 Å². The Bertz CT molecular complexity index is 1320. The number of hydrogen-bond acceptors (Lipinski definition) is 7. The van der Waals surface area contributed by atoms with E-state index in [1.54, 1.807) is 23.1 Å². The molecule has 0 fully saturated rings. The molecule has 3 aromatic heterocycles. The Labute approximate surface area is 198 Å². The Morgan fingerprint density at radius 2 is 2.00 bits per heavy atom. The highest BCUT2D eigenvalue weighted by Crippen LogP contribution is 2.28. The third-order valence-electron chi connectivity index (χ3n) is 4.88. The molecule has 0 aliphatic rings. The molecule has 164 valence electrons. The highest BCUT2D eigenvalue weighted by Gasteiger charge is 2.15. The van der Waals surface area contributed by atoms with Crippen molar-refractivity contribution in [3.05, 3.63) is 81.2 Å². The number of H-pyrrole nitrogens is 1. The highest BCUT2D eigenvalue weighted by molar-refractivity contribution is 7.99. The molecular weight excluding hydrogens is 458 g/mol. The van der Waals surface area contributed by atoms with E-state index >= 15 is 0 Å². The smallest absolute Gasteiger partial charge is 0.260 e. The molecule has 0 bridgehead atoms. The third kappa shape index (κ3) is 5.06. The molecular formula is C23H23N5OS3. The van der Waals surface area contributed by atoms with Crippen LogP contribution in [0.5, 0.6) is 0 Å². The number of allylic oxidation sites excluding steroid dienone is 1. The van der Waals surface area contributed by atoms with E-state index in [0.29, 0.717) is 22.8 Å². The molecule has 0 saturated carbocycles. The number of benzene rings is 1. The summed E-state index contributed by atoms with van der Waals surface area (Å²) >= 11 is 4.64. The van der Waals surface area contributed by atoms with Gasteiger partial charge in [0.25, 0.3) is 5.56 Å². The zero-order valence-corrected chi connectivity index (χ0v) is 20.3. The van der Waals surface area contributed by atoms with Crippen molar-refractivity contribution in [2.45, 2.75) is 36.5 Å². The van der Waals surface area contributed by atoms with Crippen molar-refractivity contribution >= 4 is 51.2 Å². The van der Waals surface area contributed by atoms with E-state index in [0.717, 1.165) is 32.0 Å². The van der Waals surface area contributed by atoms with Crippen molar-refractivity contribution < 1.29 is 0 Å². The molecule has 0 saturated heterocycles. The van der Waals surface area contributed by atoms with Crippen LogP contribution < -0.4 is 5.56 Å². The first-order chi connectivity index (χ1) is 15.6. The van der Waals surface area contributed by atoms with Gasteiger partial charge in [-0.05, 0) is 25.0 Å². The van der Waals surface area contributed by atoms with Crippen LogP contribution in [0.3, 0.4) is 0 Å². The standard InChI is InChI=1S/C23H23N5OS3/c1-4-12-28-18(26-27-23(28)30-13-8-11-17-9-6-5-7-10-17)14-31-22-24-20(29)19-15(2)16(3)32-21(19)25-22/h4-11H,1,12-14H2,2-3H3,(H,24,25,29)/b11-8+. The lowest BCUT2D eigenvalue weighted by Gasteiger charge is -2.06. The Hall–Kier alpha value is -2.62. The maximum absolute atomic E-state index is 12.5. The normalized spacial score (nSPS) is 11.6. The lowest BCUT2D eigenvalue weighted by molar-refractivity contribution is 0.700. The van der Waals surface area contributed by atoms with Crippen LogP contribution in [0.15, 0.2) is 64.2 Å². The Kier molecular flexibility index (Phi) is 7.29. The Morgan fingerprint density at radius 1 is 1.19 bits per heavy atom. The number of rotatable bonds is 9. The van der Waals surface area contributed by atoms with Crippen LogP contribution in [0.4, 0.5) is 0 Å². The van der Waals surface area contributed by atoms with E-state index in [1.807, 2.05) is 38.1 Å². The number of nitrogens with one attached hydrogen (secondary N) is 1. The predicted molar refractivity (Wildman–Crippen MR) is 136 cm³/mol. The Balaban J connectivity index is 1.45. The quantitative estimate of drug-likeness (QED) is 0.194. The van der Waals surface area contributed by atoms with Crippen LogP contribution in [0.25, 0.3) is 16.3 Å². The molecule has 32 heavy (non-hydrogen) atoms. The summed E-state index contributed by atoms with van der Waals surface area (Å²) in [6.45, 7) is 8.46. The number of nitrogens with zero attached hydrogens (tertiary/aromatic N) is 4. The summed E-state index contributed by atoms with van der Waals surface area (Å²) in [5.41, 5.74) is 2.09. The van der Waals surface area contributed by atoms with Crippen molar-refractivity contribution in [3.63, 3.8) is 0 Å². The highest BCUT2D eigenvalue weighted by atomic mass is 32.2. The van der Waals surface area contributed by atoms with Gasteiger partial charge >= 0.3 is 0 Å². The second-order valence-corrected chi connectivity index (χ2v) is 10.2. The number of aromatic nitrogens is 5. The summed E-state index contributed by atoms with van der Waals surface area (Å²) in [6, 6.07) is 10.2. The minimum Gasteiger partial charge on any atom is -0.301 e. The monoisotopic (exact) mass is 481 g/mol. The fourth-order valence-corrected chi connectivity index (χ4v) is 5.82. The van der Waals surface area contributed by atoms with Crippen molar-refractivity contribution in [2.24, 2.45) is 0 Å². The van der Waals surface area contributed by atoms with Crippen molar-refractivity contribution in [1.29, 1.82) is 0 Å². The van der Waals surface area contributed by atoms with Crippen LogP contribution in [0.2, 0.25) is 0 Å². The molecule has 0 aliphatic carbocycles. The van der Waals surface area contributed by atoms with Gasteiger partial charge in [-0.1, -0.05) is 72.1 Å². The molecule has 0 radical (unpaired) electrons. The maximum atomic E-state index is 12.5. The number of aromatic amines is 1. The van der Waals surface area contributed by atoms with Gasteiger partial charge in [0.15, 0.2) is 10.3 Å². The number of thiophene rings is 1. The molecule has 1 N–H and O–H groups in total. The second-order valence-electron chi connectivity index (χ2n) is 7.05. The number of hydrogen-bond donors (Lipinski definition) is 1. The molecule has 4 aromatic rings. The molecule has 3 heterocycles. The van der Waals surface area contributed by atoms with Gasteiger partial charge in [-0.2, -0.15) is 0 Å². The number of thioether (sulfide) groups is 2. The van der Waals surface area contributed by atoms with Gasteiger partial charge < -0.3 is 9.55 Å². The molecule has 1 aromatic carbocycles. The van der Waals surface area contributed by atoms with Gasteiger partial charge in [0.05, 0.1) is 11.1 Å². The first kappa shape index (κ1) is 22.6. The maximum Gasteiger partial charge on any atom is 0.260 e. The van der Waals surface area contributed by atoms with E-state index < -0.39 is 0 Å². The van der Waals surface area contributed by atoms with Crippen LogP contribution in [0.1, 0.15) is 21.8 Å². The minimum atomic E-state index is -0.0895. The third-order valence-corrected chi connectivity index (χ3v) is 7.77. The average molecular weight is 482 g/mol. The zero-order valence-electron chi connectivity index (χ0n) is 17.9. The first-order valence-corrected chi connectivity index (χ1v) is 12.9. The van der Waals surface area contributed by atoms with Gasteiger partial charge in [-0.15, -0.1) is 28.1 Å². The summed E-state index contributed by atoms with van der Waals surface area (Å²) in [7, 11) is 0. The van der Waals surface area contributed by atoms with E-state index in [1.165, 1.54) is 17.3 Å². The van der Waals surface area contributed by atoms with Gasteiger partial charge in [-0.25, -0.2) is 4.98 Å². The van der Waals surface area contributed by atoms with Gasteiger partial charge in [-0.3, -0.25) is 4.79 Å². The van der Waals surface area contributed by atoms with Crippen molar-refractivity contribution in [2.75, 3.05) is 5.75 Å². The molecule has 0 amide bonds. The first-order valence-electron chi connectivity index (χ1n) is 10.1. The van der Waals surface area contributed by atoms with Crippen molar-refractivity contribution in [3.8, 4) is 0 Å². The average Bonchev–Trinajstić information content (AvgIpc) is 3.30. The van der Waals surface area contributed by atoms with Crippen LogP contribution in [0, 0.1) is 13.8 Å². The summed E-state index contributed by atoms with van der Waals surface area (Å²) in [5, 5.41) is 10.9. The summed E-state index contributed by atoms with van der Waals surface area (Å²) in [4.78, 5) is 21.9. The fourth-order valence-electron chi connectivity index (χ4n) is 3.15. The molecule has 0 atom stereocenters. The number of fused-ring (bicyclic) bond motifs is 1. The molecule has 9 heteroatoms. The lowest BCUT2D eigenvalue weighted by atomic mass is 10.2. The summed E-state index contributed by atoms with van der Waals surface area (Å²) < 4.78 is 2.05. The molecule has 0 aliphatic heterocycles. The SMILES string of the molecule is C=CCn1c(CSc2nc3sc(C)c(C)c3c(=O)[nH]2)nnc1SC/C=C/c1ccccc1. The van der Waals surface area contributed by atoms with Crippen LogP contribution >= 0.6 is 34.9 Å². The summed E-state index contributed by atoms with van der Waals surface area (Å²) in [5.74, 6) is 2.17. The zero-order chi connectivity index (χ0) is 22.5. The van der Waals surface area contributed by atoms with Gasteiger partial charge in [0.2, 0.25) is 0 Å². The lowest BCUT2D eigenvalue weighted by Crippen LogP contribution is -2.09. The van der Waals surface area contributed by atoms with Crippen molar-refractivity contribution in [1.82, 2.24) is 24.7 Å². The minimum absolute atomic E-state index is 0.0895. The Morgan fingerprint density at radius 3 is 2.78 bits per heavy atom. The molecule has 6 nitrogen and oxygen atoms in total. The fraction of sp³-hybridized carbons (Fsp3) is 0.217. The van der Waals surface area contributed by atoms with Crippen LogP contribution in [-0.4, -0.2) is 30.5 Å². The van der Waals surface area contributed by atoms with E-state index in [4.69, 9.17) is 0 Å². The largest absolute Gasteiger partial charge is 0.301 e. The predicted octanol–water partition coefficient (Wildman–Crippen LogP) is 5.48. The number of aryl methyl sites for hydroxylation is 2.